The van der Waals surface area contributed by atoms with Crippen molar-refractivity contribution in [2.45, 2.75) is 65.5 Å². The summed E-state index contributed by atoms with van der Waals surface area (Å²) in [6.45, 7) is 11.3. The third-order valence-electron chi connectivity index (χ3n) is 2.39. The molecule has 0 spiro atoms. The maximum Gasteiger partial charge on any atom is 0.154 e. The molecule has 0 aromatic heterocycles. The molecule has 1 N–H and O–H groups in total. The molecule has 4 heteroatoms. The van der Waals surface area contributed by atoms with Crippen LogP contribution in [0.15, 0.2) is 0 Å². The summed E-state index contributed by atoms with van der Waals surface area (Å²) in [4.78, 5) is 0. The van der Waals surface area contributed by atoms with Crippen molar-refractivity contribution in [3.8, 4) is 0 Å². The monoisotopic (exact) mass is 248 g/mol. The molecule has 0 bridgehead atoms. The van der Waals surface area contributed by atoms with Gasteiger partial charge in [-0.25, -0.2) is 0 Å². The second-order valence-electron chi connectivity index (χ2n) is 4.93. The third-order valence-corrected chi connectivity index (χ3v) is 2.39. The SMILES string of the molecule is CCOC(C)OCCC(C)OCCC(C)(C)O. The fourth-order valence-electron chi connectivity index (χ4n) is 1.28. The summed E-state index contributed by atoms with van der Waals surface area (Å²) in [7, 11) is 0. The molecule has 0 saturated carbocycles. The van der Waals surface area contributed by atoms with E-state index < -0.39 is 5.60 Å². The van der Waals surface area contributed by atoms with Gasteiger partial charge in [-0.05, 0) is 47.5 Å². The first-order valence-electron chi connectivity index (χ1n) is 6.42. The van der Waals surface area contributed by atoms with Gasteiger partial charge in [0.1, 0.15) is 0 Å². The number of hydrogen-bond acceptors (Lipinski definition) is 4. The van der Waals surface area contributed by atoms with Crippen molar-refractivity contribution in [2.75, 3.05) is 19.8 Å². The van der Waals surface area contributed by atoms with E-state index in [-0.39, 0.29) is 12.4 Å². The smallest absolute Gasteiger partial charge is 0.154 e. The Labute approximate surface area is 105 Å². The Morgan fingerprint density at radius 3 is 2.24 bits per heavy atom. The fraction of sp³-hybridized carbons (Fsp3) is 1.00. The highest BCUT2D eigenvalue weighted by atomic mass is 16.7. The van der Waals surface area contributed by atoms with Gasteiger partial charge in [0.05, 0.1) is 18.3 Å². The number of hydrogen-bond donors (Lipinski definition) is 1. The van der Waals surface area contributed by atoms with E-state index >= 15 is 0 Å². The van der Waals surface area contributed by atoms with E-state index in [1.54, 1.807) is 13.8 Å². The molecule has 0 aliphatic heterocycles. The van der Waals surface area contributed by atoms with Crippen molar-refractivity contribution in [1.82, 2.24) is 0 Å². The van der Waals surface area contributed by atoms with Crippen molar-refractivity contribution < 1.29 is 19.3 Å². The molecule has 0 aliphatic carbocycles. The standard InChI is InChI=1S/C13H28O4/c1-6-15-12(3)17-9-7-11(2)16-10-8-13(4,5)14/h11-12,14H,6-10H2,1-5H3. The summed E-state index contributed by atoms with van der Waals surface area (Å²) in [6, 6.07) is 0. The lowest BCUT2D eigenvalue weighted by atomic mass is 10.1. The van der Waals surface area contributed by atoms with Crippen molar-refractivity contribution in [2.24, 2.45) is 0 Å². The Morgan fingerprint density at radius 2 is 1.71 bits per heavy atom. The minimum atomic E-state index is -0.653. The van der Waals surface area contributed by atoms with Crippen LogP contribution in [0.2, 0.25) is 0 Å². The third kappa shape index (κ3) is 12.1. The van der Waals surface area contributed by atoms with Crippen LogP contribution < -0.4 is 0 Å². The highest BCUT2D eigenvalue weighted by molar-refractivity contribution is 4.64. The second-order valence-corrected chi connectivity index (χ2v) is 4.93. The van der Waals surface area contributed by atoms with E-state index in [9.17, 15) is 5.11 Å². The van der Waals surface area contributed by atoms with Gasteiger partial charge >= 0.3 is 0 Å². The highest BCUT2D eigenvalue weighted by Crippen LogP contribution is 2.09. The van der Waals surface area contributed by atoms with E-state index in [0.29, 0.717) is 26.2 Å². The van der Waals surface area contributed by atoms with Crippen LogP contribution in [0.3, 0.4) is 0 Å². The Balaban J connectivity index is 3.43. The van der Waals surface area contributed by atoms with Crippen LogP contribution in [0.5, 0.6) is 0 Å². The van der Waals surface area contributed by atoms with E-state index in [1.807, 2.05) is 20.8 Å². The van der Waals surface area contributed by atoms with Crippen molar-refractivity contribution in [1.29, 1.82) is 0 Å². The first-order valence-corrected chi connectivity index (χ1v) is 6.42. The Bertz CT molecular complexity index is 177. The minimum absolute atomic E-state index is 0.145. The molecule has 0 heterocycles. The lowest BCUT2D eigenvalue weighted by Crippen LogP contribution is -2.23. The summed E-state index contributed by atoms with van der Waals surface area (Å²) in [6.07, 6.45) is 1.48. The van der Waals surface area contributed by atoms with Gasteiger partial charge in [0.2, 0.25) is 0 Å². The van der Waals surface area contributed by atoms with Gasteiger partial charge in [0, 0.05) is 13.2 Å². The van der Waals surface area contributed by atoms with Gasteiger partial charge < -0.3 is 19.3 Å². The Kier molecular flexibility index (Phi) is 8.78. The molecule has 0 rings (SSSR count). The molecule has 0 saturated heterocycles. The topological polar surface area (TPSA) is 47.9 Å². The van der Waals surface area contributed by atoms with Gasteiger partial charge in [-0.3, -0.25) is 0 Å². The Hall–Kier alpha value is -0.160. The molecule has 2 atom stereocenters. The number of ether oxygens (including phenoxy) is 3. The average Bonchev–Trinajstić information content (AvgIpc) is 2.16. The maximum absolute atomic E-state index is 9.52. The number of aliphatic hydroxyl groups is 1. The molecule has 104 valence electrons. The lowest BCUT2D eigenvalue weighted by Gasteiger charge is -2.20. The zero-order valence-electron chi connectivity index (χ0n) is 11.9. The van der Waals surface area contributed by atoms with E-state index in [0.717, 1.165) is 6.42 Å². The van der Waals surface area contributed by atoms with Crippen molar-refractivity contribution in [3.63, 3.8) is 0 Å². The molecule has 0 aromatic carbocycles. The molecular weight excluding hydrogens is 220 g/mol. The molecule has 2 unspecified atom stereocenters. The van der Waals surface area contributed by atoms with E-state index in [1.165, 1.54) is 0 Å². The molecule has 0 aromatic rings. The quantitative estimate of drug-likeness (QED) is 0.603. The second kappa shape index (κ2) is 8.86. The summed E-state index contributed by atoms with van der Waals surface area (Å²) < 4.78 is 16.3. The zero-order chi connectivity index (χ0) is 13.3. The first-order chi connectivity index (χ1) is 7.85. The maximum atomic E-state index is 9.52. The largest absolute Gasteiger partial charge is 0.390 e. The summed E-state index contributed by atoms with van der Waals surface area (Å²) in [5.41, 5.74) is -0.653. The predicted molar refractivity (Wildman–Crippen MR) is 68.0 cm³/mol. The van der Waals surface area contributed by atoms with Gasteiger partial charge in [-0.2, -0.15) is 0 Å². The molecular formula is C13H28O4. The van der Waals surface area contributed by atoms with Crippen LogP contribution in [0.4, 0.5) is 0 Å². The predicted octanol–water partition coefficient (Wildman–Crippen LogP) is 2.34. The molecule has 0 fully saturated rings. The van der Waals surface area contributed by atoms with Gasteiger partial charge in [-0.1, -0.05) is 0 Å². The molecule has 0 radical (unpaired) electrons. The average molecular weight is 248 g/mol. The van der Waals surface area contributed by atoms with E-state index in [4.69, 9.17) is 14.2 Å². The molecule has 0 aliphatic rings. The van der Waals surface area contributed by atoms with Gasteiger partial charge in [0.15, 0.2) is 6.29 Å². The molecule has 4 nitrogen and oxygen atoms in total. The van der Waals surface area contributed by atoms with Crippen LogP contribution in [0.1, 0.15) is 47.5 Å². The Morgan fingerprint density at radius 1 is 1.06 bits per heavy atom. The summed E-state index contributed by atoms with van der Waals surface area (Å²) in [5.74, 6) is 0. The van der Waals surface area contributed by atoms with Crippen LogP contribution in [0.25, 0.3) is 0 Å². The molecule has 0 amide bonds. The van der Waals surface area contributed by atoms with Crippen LogP contribution >= 0.6 is 0 Å². The minimum Gasteiger partial charge on any atom is -0.390 e. The van der Waals surface area contributed by atoms with Gasteiger partial charge in [0.25, 0.3) is 0 Å². The normalized spacial score (nSPS) is 15.9. The zero-order valence-corrected chi connectivity index (χ0v) is 11.9. The summed E-state index contributed by atoms with van der Waals surface area (Å²) in [5, 5.41) is 9.52. The molecule has 17 heavy (non-hydrogen) atoms. The fourth-order valence-corrected chi connectivity index (χ4v) is 1.28. The van der Waals surface area contributed by atoms with Crippen LogP contribution in [-0.4, -0.2) is 42.9 Å². The summed E-state index contributed by atoms with van der Waals surface area (Å²) >= 11 is 0. The van der Waals surface area contributed by atoms with Gasteiger partial charge in [-0.15, -0.1) is 0 Å². The van der Waals surface area contributed by atoms with Crippen molar-refractivity contribution in [3.05, 3.63) is 0 Å². The number of rotatable bonds is 10. The van der Waals surface area contributed by atoms with Crippen LogP contribution in [-0.2, 0) is 14.2 Å². The van der Waals surface area contributed by atoms with Crippen LogP contribution in [0, 0.1) is 0 Å². The van der Waals surface area contributed by atoms with E-state index in [2.05, 4.69) is 0 Å². The van der Waals surface area contributed by atoms with Crippen molar-refractivity contribution >= 4 is 0 Å². The highest BCUT2D eigenvalue weighted by Gasteiger charge is 2.13. The first kappa shape index (κ1) is 16.8. The lowest BCUT2D eigenvalue weighted by molar-refractivity contribution is -0.132.